The van der Waals surface area contributed by atoms with Crippen LogP contribution < -0.4 is 15.4 Å². The number of carbonyl (C=O) groups is 1. The molecule has 0 bridgehead atoms. The first-order chi connectivity index (χ1) is 12.2. The molecule has 2 rings (SSSR count). The molecule has 0 radical (unpaired) electrons. The Morgan fingerprint density at radius 2 is 1.92 bits per heavy atom. The maximum absolute atomic E-state index is 12.0. The summed E-state index contributed by atoms with van der Waals surface area (Å²) in [5.74, 6) is 1.86. The smallest absolute Gasteiger partial charge is 0.224 e. The summed E-state index contributed by atoms with van der Waals surface area (Å²) in [5, 5.41) is 6.55. The van der Waals surface area contributed by atoms with Gasteiger partial charge in [-0.25, -0.2) is 0 Å². The molecule has 0 atom stereocenters. The van der Waals surface area contributed by atoms with Gasteiger partial charge in [-0.2, -0.15) is 0 Å². The van der Waals surface area contributed by atoms with Crippen LogP contribution >= 0.6 is 0 Å². The highest BCUT2D eigenvalue weighted by Gasteiger charge is 2.16. The number of nitrogens with one attached hydrogen (secondary N) is 2. The molecule has 2 N–H and O–H groups in total. The number of guanidine groups is 1. The lowest BCUT2D eigenvalue weighted by atomic mass is 10.1. The van der Waals surface area contributed by atoms with E-state index in [0.717, 1.165) is 57.2 Å². The standard InChI is InChI=1S/C19H30N4O2/c1-3-20-19(22-13-11-18(24)23-14-4-5-15-23)21-12-10-16-6-8-17(25-2)9-7-16/h6-9H,3-5,10-15H2,1-2H3,(H2,20,21,22). The van der Waals surface area contributed by atoms with E-state index in [0.29, 0.717) is 13.0 Å². The van der Waals surface area contributed by atoms with Crippen LogP contribution in [0.5, 0.6) is 5.75 Å². The number of amides is 1. The molecule has 1 aromatic carbocycles. The number of hydrogen-bond acceptors (Lipinski definition) is 3. The summed E-state index contributed by atoms with van der Waals surface area (Å²) in [4.78, 5) is 18.5. The van der Waals surface area contributed by atoms with Gasteiger partial charge in [-0.1, -0.05) is 12.1 Å². The number of nitrogens with zero attached hydrogens (tertiary/aromatic N) is 2. The molecule has 0 saturated carbocycles. The fourth-order valence-electron chi connectivity index (χ4n) is 2.85. The van der Waals surface area contributed by atoms with Crippen LogP contribution in [0, 0.1) is 0 Å². The Balaban J connectivity index is 1.73. The second-order valence-corrected chi connectivity index (χ2v) is 6.12. The number of ether oxygens (including phenoxy) is 1. The Morgan fingerprint density at radius 1 is 1.20 bits per heavy atom. The number of rotatable bonds is 8. The summed E-state index contributed by atoms with van der Waals surface area (Å²) in [6, 6.07) is 8.08. The molecule has 0 aromatic heterocycles. The Morgan fingerprint density at radius 3 is 2.56 bits per heavy atom. The molecule has 1 fully saturated rings. The van der Waals surface area contributed by atoms with Crippen molar-refractivity contribution >= 4 is 11.9 Å². The normalized spacial score (nSPS) is 14.5. The van der Waals surface area contributed by atoms with Crippen molar-refractivity contribution in [3.05, 3.63) is 29.8 Å². The lowest BCUT2D eigenvalue weighted by molar-refractivity contribution is -0.129. The predicted molar refractivity (Wildman–Crippen MR) is 101 cm³/mol. The summed E-state index contributed by atoms with van der Waals surface area (Å²) in [5.41, 5.74) is 1.24. The Hall–Kier alpha value is -2.24. The highest BCUT2D eigenvalue weighted by atomic mass is 16.5. The van der Waals surface area contributed by atoms with Crippen LogP contribution in [-0.4, -0.2) is 56.6 Å². The first kappa shape index (κ1) is 19.1. The van der Waals surface area contributed by atoms with Gasteiger partial charge in [-0.05, 0) is 43.9 Å². The zero-order valence-corrected chi connectivity index (χ0v) is 15.4. The van der Waals surface area contributed by atoms with Crippen LogP contribution in [0.4, 0.5) is 0 Å². The molecule has 0 unspecified atom stereocenters. The number of benzene rings is 1. The quantitative estimate of drug-likeness (QED) is 0.556. The zero-order valence-electron chi connectivity index (χ0n) is 15.4. The van der Waals surface area contributed by atoms with Gasteiger partial charge in [0.1, 0.15) is 5.75 Å². The largest absolute Gasteiger partial charge is 0.497 e. The van der Waals surface area contributed by atoms with Crippen LogP contribution in [0.1, 0.15) is 31.7 Å². The van der Waals surface area contributed by atoms with Gasteiger partial charge in [0.2, 0.25) is 5.91 Å². The fraction of sp³-hybridized carbons (Fsp3) is 0.579. The minimum Gasteiger partial charge on any atom is -0.497 e. The van der Waals surface area contributed by atoms with E-state index in [1.807, 2.05) is 24.0 Å². The van der Waals surface area contributed by atoms with Crippen molar-refractivity contribution < 1.29 is 9.53 Å². The van der Waals surface area contributed by atoms with Gasteiger partial charge in [0.05, 0.1) is 13.7 Å². The molecule has 1 saturated heterocycles. The first-order valence-corrected chi connectivity index (χ1v) is 9.16. The molecule has 1 aliphatic heterocycles. The maximum atomic E-state index is 12.0. The maximum Gasteiger partial charge on any atom is 0.224 e. The average molecular weight is 346 g/mol. The average Bonchev–Trinajstić information content (AvgIpc) is 3.17. The molecule has 6 heteroatoms. The van der Waals surface area contributed by atoms with Gasteiger partial charge in [-0.3, -0.25) is 9.79 Å². The number of likely N-dealkylation sites (tertiary alicyclic amines) is 1. The van der Waals surface area contributed by atoms with Gasteiger partial charge in [-0.15, -0.1) is 0 Å². The number of aliphatic imine (C=N–C) groups is 1. The van der Waals surface area contributed by atoms with Gasteiger partial charge in [0.25, 0.3) is 0 Å². The molecule has 138 valence electrons. The Kier molecular flexibility index (Phi) is 8.09. The van der Waals surface area contributed by atoms with E-state index in [1.54, 1.807) is 7.11 Å². The molecular formula is C19H30N4O2. The predicted octanol–water partition coefficient (Wildman–Crippen LogP) is 1.81. The summed E-state index contributed by atoms with van der Waals surface area (Å²) >= 11 is 0. The van der Waals surface area contributed by atoms with Crippen LogP contribution in [-0.2, 0) is 11.2 Å². The Bertz CT molecular complexity index is 551. The summed E-state index contributed by atoms with van der Waals surface area (Å²) in [7, 11) is 1.67. The van der Waals surface area contributed by atoms with Crippen molar-refractivity contribution in [3.8, 4) is 5.75 Å². The van der Waals surface area contributed by atoms with E-state index >= 15 is 0 Å². The van der Waals surface area contributed by atoms with Crippen molar-refractivity contribution in [3.63, 3.8) is 0 Å². The SMILES string of the molecule is CCNC(=NCCC(=O)N1CCCC1)NCCc1ccc(OC)cc1. The summed E-state index contributed by atoms with van der Waals surface area (Å²) in [6.45, 7) is 5.96. The van der Waals surface area contributed by atoms with E-state index in [-0.39, 0.29) is 5.91 Å². The van der Waals surface area contributed by atoms with Gasteiger partial charge in [0.15, 0.2) is 5.96 Å². The lowest BCUT2D eigenvalue weighted by Crippen LogP contribution is -2.38. The van der Waals surface area contributed by atoms with Crippen molar-refractivity contribution in [2.45, 2.75) is 32.6 Å². The van der Waals surface area contributed by atoms with Gasteiger partial charge in [0, 0.05) is 32.6 Å². The summed E-state index contributed by atoms with van der Waals surface area (Å²) < 4.78 is 5.17. The third-order valence-corrected chi connectivity index (χ3v) is 4.26. The second-order valence-electron chi connectivity index (χ2n) is 6.12. The molecule has 6 nitrogen and oxygen atoms in total. The second kappa shape index (κ2) is 10.6. The number of methoxy groups -OCH3 is 1. The first-order valence-electron chi connectivity index (χ1n) is 9.16. The van der Waals surface area contributed by atoms with E-state index in [2.05, 4.69) is 27.8 Å². The molecule has 1 aliphatic rings. The van der Waals surface area contributed by atoms with Crippen molar-refractivity contribution in [2.24, 2.45) is 4.99 Å². The number of carbonyl (C=O) groups excluding carboxylic acids is 1. The van der Waals surface area contributed by atoms with Crippen molar-refractivity contribution in [1.82, 2.24) is 15.5 Å². The molecule has 1 heterocycles. The van der Waals surface area contributed by atoms with E-state index < -0.39 is 0 Å². The van der Waals surface area contributed by atoms with E-state index in [1.165, 1.54) is 5.56 Å². The van der Waals surface area contributed by atoms with Gasteiger partial charge >= 0.3 is 0 Å². The molecule has 0 aliphatic carbocycles. The molecule has 0 spiro atoms. The fourth-order valence-corrected chi connectivity index (χ4v) is 2.85. The third kappa shape index (κ3) is 6.64. The number of hydrogen-bond donors (Lipinski definition) is 2. The van der Waals surface area contributed by atoms with Crippen LogP contribution in [0.15, 0.2) is 29.3 Å². The van der Waals surface area contributed by atoms with Crippen LogP contribution in [0.2, 0.25) is 0 Å². The Labute approximate surface area is 150 Å². The molecule has 25 heavy (non-hydrogen) atoms. The van der Waals surface area contributed by atoms with Crippen LogP contribution in [0.25, 0.3) is 0 Å². The van der Waals surface area contributed by atoms with Crippen molar-refractivity contribution in [2.75, 3.05) is 39.8 Å². The molecule has 1 amide bonds. The monoisotopic (exact) mass is 346 g/mol. The van der Waals surface area contributed by atoms with E-state index in [9.17, 15) is 4.79 Å². The minimum atomic E-state index is 0.218. The van der Waals surface area contributed by atoms with E-state index in [4.69, 9.17) is 4.74 Å². The highest BCUT2D eigenvalue weighted by Crippen LogP contribution is 2.11. The zero-order chi connectivity index (χ0) is 17.9. The van der Waals surface area contributed by atoms with Crippen LogP contribution in [0.3, 0.4) is 0 Å². The van der Waals surface area contributed by atoms with Gasteiger partial charge < -0.3 is 20.3 Å². The molecule has 1 aromatic rings. The molecular weight excluding hydrogens is 316 g/mol. The topological polar surface area (TPSA) is 66.0 Å². The third-order valence-electron chi connectivity index (χ3n) is 4.26. The summed E-state index contributed by atoms with van der Waals surface area (Å²) in [6.07, 6.45) is 3.64. The lowest BCUT2D eigenvalue weighted by Gasteiger charge is -2.15. The minimum absolute atomic E-state index is 0.218. The van der Waals surface area contributed by atoms with Crippen molar-refractivity contribution in [1.29, 1.82) is 0 Å². The highest BCUT2D eigenvalue weighted by molar-refractivity contribution is 5.80.